The van der Waals surface area contributed by atoms with Crippen molar-refractivity contribution in [2.45, 2.75) is 18.8 Å². The molecule has 0 aromatic carbocycles. The van der Waals surface area contributed by atoms with Crippen LogP contribution in [0.3, 0.4) is 0 Å². The van der Waals surface area contributed by atoms with E-state index in [1.165, 1.54) is 22.6 Å². The lowest BCUT2D eigenvalue weighted by atomic mass is 9.99. The summed E-state index contributed by atoms with van der Waals surface area (Å²) in [5.74, 6) is 1.51. The zero-order valence-electron chi connectivity index (χ0n) is 10.0. The van der Waals surface area contributed by atoms with Crippen LogP contribution in [0.4, 0.5) is 0 Å². The summed E-state index contributed by atoms with van der Waals surface area (Å²) in [6.07, 6.45) is 8.54. The summed E-state index contributed by atoms with van der Waals surface area (Å²) in [7, 11) is 2.01. The molecular formula is C14H17N3. The highest BCUT2D eigenvalue weighted by molar-refractivity contribution is 5.46. The second-order valence-corrected chi connectivity index (χ2v) is 5.07. The van der Waals surface area contributed by atoms with E-state index in [1.54, 1.807) is 0 Å². The van der Waals surface area contributed by atoms with Crippen molar-refractivity contribution in [2.75, 3.05) is 13.6 Å². The highest BCUT2D eigenvalue weighted by Gasteiger charge is 2.38. The number of rotatable bonds is 3. The molecule has 3 atom stereocenters. The van der Waals surface area contributed by atoms with Crippen LogP contribution in [-0.4, -0.2) is 18.6 Å². The molecule has 1 aromatic heterocycles. The third kappa shape index (κ3) is 1.79. The molecule has 1 saturated carbocycles. The number of fused-ring (bicyclic) bond motifs is 1. The number of nitrogens with zero attached hydrogens (tertiary/aromatic N) is 1. The van der Waals surface area contributed by atoms with Gasteiger partial charge in [0.25, 0.3) is 0 Å². The lowest BCUT2D eigenvalue weighted by Gasteiger charge is -2.04. The van der Waals surface area contributed by atoms with Gasteiger partial charge in [-0.05, 0) is 49.1 Å². The van der Waals surface area contributed by atoms with Crippen LogP contribution >= 0.6 is 0 Å². The van der Waals surface area contributed by atoms with Gasteiger partial charge in [0.15, 0.2) is 0 Å². The van der Waals surface area contributed by atoms with Crippen LogP contribution in [0, 0.1) is 23.2 Å². The summed E-state index contributed by atoms with van der Waals surface area (Å²) >= 11 is 0. The van der Waals surface area contributed by atoms with Gasteiger partial charge >= 0.3 is 0 Å². The fourth-order valence-electron chi connectivity index (χ4n) is 2.85. The molecule has 0 bridgehead atoms. The lowest BCUT2D eigenvalue weighted by molar-refractivity contribution is 0.697. The van der Waals surface area contributed by atoms with Crippen LogP contribution < -0.4 is 15.9 Å². The first-order valence-corrected chi connectivity index (χ1v) is 6.27. The molecule has 0 spiro atoms. The molecule has 1 heterocycles. The molecule has 2 N–H and O–H groups in total. The van der Waals surface area contributed by atoms with Crippen LogP contribution in [-0.2, 0) is 0 Å². The number of aromatic nitrogens is 1. The second-order valence-electron chi connectivity index (χ2n) is 5.07. The second kappa shape index (κ2) is 4.05. The molecule has 88 valence electrons. The number of hydrogen-bond donors (Lipinski definition) is 2. The van der Waals surface area contributed by atoms with Gasteiger partial charge in [-0.1, -0.05) is 12.2 Å². The molecule has 2 aliphatic carbocycles. The van der Waals surface area contributed by atoms with E-state index in [0.29, 0.717) is 5.92 Å². The molecule has 1 aromatic rings. The number of hydrogen-bond acceptors (Lipinski definition) is 2. The minimum atomic E-state index is 0.0542. The average molecular weight is 227 g/mol. The van der Waals surface area contributed by atoms with E-state index in [9.17, 15) is 0 Å². The predicted molar refractivity (Wildman–Crippen MR) is 67.5 cm³/mol. The van der Waals surface area contributed by atoms with E-state index in [2.05, 4.69) is 34.7 Å². The van der Waals surface area contributed by atoms with Crippen molar-refractivity contribution < 1.29 is 0 Å². The average Bonchev–Trinajstić information content (AvgIpc) is 2.99. The Morgan fingerprint density at radius 1 is 1.59 bits per heavy atom. The molecule has 0 amide bonds. The summed E-state index contributed by atoms with van der Waals surface area (Å²) in [6.45, 7) is 1.09. The fraction of sp³-hybridized carbons (Fsp3) is 0.500. The molecule has 0 radical (unpaired) electrons. The van der Waals surface area contributed by atoms with Crippen molar-refractivity contribution in [1.29, 1.82) is 5.26 Å². The Balaban J connectivity index is 1.95. The largest absolute Gasteiger partial charge is 0.361 e. The summed E-state index contributed by atoms with van der Waals surface area (Å²) in [5, 5.41) is 14.7. The molecule has 1 fully saturated rings. The molecule has 2 aliphatic rings. The van der Waals surface area contributed by atoms with Gasteiger partial charge in [0.1, 0.15) is 0 Å². The topological polar surface area (TPSA) is 51.6 Å². The first-order chi connectivity index (χ1) is 8.33. The molecular weight excluding hydrogens is 210 g/mol. The van der Waals surface area contributed by atoms with Crippen LogP contribution in [0.15, 0.2) is 6.20 Å². The Hall–Kier alpha value is -1.53. The van der Waals surface area contributed by atoms with E-state index in [0.717, 1.165) is 18.9 Å². The first-order valence-electron chi connectivity index (χ1n) is 6.27. The number of H-pyrrole nitrogens is 1. The minimum absolute atomic E-state index is 0.0542. The molecule has 2 unspecified atom stereocenters. The molecule has 3 nitrogen and oxygen atoms in total. The van der Waals surface area contributed by atoms with Crippen molar-refractivity contribution in [3.8, 4) is 6.07 Å². The van der Waals surface area contributed by atoms with Gasteiger partial charge in [0.05, 0.1) is 12.0 Å². The minimum Gasteiger partial charge on any atom is -0.361 e. The van der Waals surface area contributed by atoms with Gasteiger partial charge in [-0.15, -0.1) is 0 Å². The number of aromatic amines is 1. The third-order valence-electron chi connectivity index (χ3n) is 3.88. The fourth-order valence-corrected chi connectivity index (χ4v) is 2.85. The zero-order valence-corrected chi connectivity index (χ0v) is 10.0. The van der Waals surface area contributed by atoms with Gasteiger partial charge < -0.3 is 10.3 Å². The van der Waals surface area contributed by atoms with E-state index < -0.39 is 0 Å². The lowest BCUT2D eigenvalue weighted by Crippen LogP contribution is -2.29. The SMILES string of the molecule is CNCC1C[C@H]1c1c[nH]c2c1=CC(C#N)CC=2. The normalized spacial score (nSPS) is 29.8. The number of nitrogens with one attached hydrogen (secondary N) is 2. The standard InChI is InChI=1S/C14H17N3/c1-16-7-10-5-11(10)13-8-17-14-3-2-9(6-15)4-12(13)14/h3-4,8-11,16-17H,2,5,7H2,1H3/t9?,10?,11-/m1/s1. The zero-order chi connectivity index (χ0) is 11.8. The Morgan fingerprint density at radius 2 is 2.47 bits per heavy atom. The number of nitriles is 1. The van der Waals surface area contributed by atoms with E-state index in [1.807, 2.05) is 7.05 Å². The van der Waals surface area contributed by atoms with Crippen LogP contribution in [0.2, 0.25) is 0 Å². The van der Waals surface area contributed by atoms with Gasteiger partial charge in [0, 0.05) is 11.5 Å². The Kier molecular flexibility index (Phi) is 2.53. The van der Waals surface area contributed by atoms with Gasteiger partial charge in [0.2, 0.25) is 0 Å². The van der Waals surface area contributed by atoms with E-state index >= 15 is 0 Å². The Morgan fingerprint density at radius 3 is 3.24 bits per heavy atom. The Bertz CT molecular complexity index is 576. The maximum atomic E-state index is 9.01. The molecule has 3 rings (SSSR count). The quantitative estimate of drug-likeness (QED) is 0.787. The summed E-state index contributed by atoms with van der Waals surface area (Å²) < 4.78 is 0. The van der Waals surface area contributed by atoms with E-state index in [4.69, 9.17) is 5.26 Å². The molecule has 17 heavy (non-hydrogen) atoms. The van der Waals surface area contributed by atoms with Crippen molar-refractivity contribution >= 4 is 12.2 Å². The van der Waals surface area contributed by atoms with Crippen molar-refractivity contribution in [1.82, 2.24) is 10.3 Å². The van der Waals surface area contributed by atoms with Crippen LogP contribution in [0.1, 0.15) is 24.3 Å². The van der Waals surface area contributed by atoms with E-state index in [-0.39, 0.29) is 5.92 Å². The highest BCUT2D eigenvalue weighted by atomic mass is 14.8. The van der Waals surface area contributed by atoms with Gasteiger partial charge in [-0.3, -0.25) is 0 Å². The van der Waals surface area contributed by atoms with Gasteiger partial charge in [-0.2, -0.15) is 5.26 Å². The highest BCUT2D eigenvalue weighted by Crippen LogP contribution is 2.45. The van der Waals surface area contributed by atoms with Crippen LogP contribution in [0.5, 0.6) is 0 Å². The smallest absolute Gasteiger partial charge is 0.0701 e. The van der Waals surface area contributed by atoms with Crippen molar-refractivity contribution in [3.63, 3.8) is 0 Å². The van der Waals surface area contributed by atoms with Crippen molar-refractivity contribution in [2.24, 2.45) is 11.8 Å². The maximum absolute atomic E-state index is 9.01. The summed E-state index contributed by atoms with van der Waals surface area (Å²) in [6, 6.07) is 2.34. The summed E-state index contributed by atoms with van der Waals surface area (Å²) in [5.41, 5.74) is 1.41. The third-order valence-corrected chi connectivity index (χ3v) is 3.88. The Labute approximate surface area is 101 Å². The first kappa shape index (κ1) is 10.6. The van der Waals surface area contributed by atoms with Gasteiger partial charge in [-0.25, -0.2) is 0 Å². The summed E-state index contributed by atoms with van der Waals surface area (Å²) in [4.78, 5) is 3.34. The monoisotopic (exact) mass is 227 g/mol. The molecule has 0 saturated heterocycles. The van der Waals surface area contributed by atoms with Crippen molar-refractivity contribution in [3.05, 3.63) is 22.3 Å². The molecule has 0 aliphatic heterocycles. The maximum Gasteiger partial charge on any atom is 0.0701 e. The van der Waals surface area contributed by atoms with Crippen LogP contribution in [0.25, 0.3) is 12.2 Å². The molecule has 3 heteroatoms. The predicted octanol–water partition coefficient (Wildman–Crippen LogP) is 0.442.